The number of urea groups is 1. The van der Waals surface area contributed by atoms with Gasteiger partial charge in [-0.25, -0.2) is 4.79 Å². The number of halogens is 3. The first kappa shape index (κ1) is 21.4. The molecule has 33 heavy (non-hydrogen) atoms. The van der Waals surface area contributed by atoms with Crippen LogP contribution in [-0.4, -0.2) is 64.0 Å². The molecule has 4 heterocycles. The Labute approximate surface area is 186 Å². The van der Waals surface area contributed by atoms with Crippen molar-refractivity contribution >= 4 is 18.0 Å². The van der Waals surface area contributed by atoms with Gasteiger partial charge >= 0.3 is 12.2 Å². The number of fused-ring (bicyclic) bond motifs is 1. The summed E-state index contributed by atoms with van der Waals surface area (Å²) in [6, 6.07) is 5.37. The van der Waals surface area contributed by atoms with E-state index in [1.165, 1.54) is 11.1 Å². The van der Waals surface area contributed by atoms with Gasteiger partial charge < -0.3 is 9.30 Å². The number of hydrogen-bond acceptors (Lipinski definition) is 5. The molecule has 2 fully saturated rings. The van der Waals surface area contributed by atoms with Gasteiger partial charge in [0.1, 0.15) is 12.2 Å². The quantitative estimate of drug-likeness (QED) is 0.642. The van der Waals surface area contributed by atoms with Crippen molar-refractivity contribution in [3.63, 3.8) is 0 Å². The Morgan fingerprint density at radius 3 is 2.70 bits per heavy atom. The molecule has 3 aliphatic heterocycles. The molecule has 0 aliphatic carbocycles. The zero-order valence-electron chi connectivity index (χ0n) is 17.6. The highest BCUT2D eigenvalue weighted by molar-refractivity contribution is 5.97. The van der Waals surface area contributed by atoms with E-state index in [-0.39, 0.29) is 17.5 Å². The minimum Gasteiger partial charge on any atom is -0.379 e. The molecule has 3 aliphatic rings. The number of aryl methyl sites for hydroxylation is 1. The smallest absolute Gasteiger partial charge is 0.379 e. The lowest BCUT2D eigenvalue weighted by molar-refractivity contribution is -0.105. The number of benzene rings is 1. The molecule has 0 bridgehead atoms. The largest absolute Gasteiger partial charge is 0.414 e. The Kier molecular flexibility index (Phi) is 4.89. The lowest BCUT2D eigenvalue weighted by Crippen LogP contribution is -2.49. The van der Waals surface area contributed by atoms with Crippen LogP contribution in [0.5, 0.6) is 0 Å². The third kappa shape index (κ3) is 3.52. The van der Waals surface area contributed by atoms with Gasteiger partial charge in [0.05, 0.1) is 31.4 Å². The third-order valence-electron chi connectivity index (χ3n) is 6.40. The first-order valence-corrected chi connectivity index (χ1v) is 10.3. The van der Waals surface area contributed by atoms with Gasteiger partial charge in [0.25, 0.3) is 0 Å². The van der Waals surface area contributed by atoms with Crippen molar-refractivity contribution in [2.24, 2.45) is 7.05 Å². The van der Waals surface area contributed by atoms with E-state index in [4.69, 9.17) is 4.74 Å². The number of ether oxygens (including phenoxy) is 1. The fourth-order valence-corrected chi connectivity index (χ4v) is 4.52. The van der Waals surface area contributed by atoms with Gasteiger partial charge in [0.2, 0.25) is 0 Å². The van der Waals surface area contributed by atoms with Crippen LogP contribution in [0.15, 0.2) is 54.0 Å². The molecule has 0 saturated carbocycles. The van der Waals surface area contributed by atoms with Crippen LogP contribution in [0.4, 0.5) is 23.7 Å². The van der Waals surface area contributed by atoms with Crippen molar-refractivity contribution in [2.75, 3.05) is 24.7 Å². The molecule has 8 nitrogen and oxygen atoms in total. The zero-order valence-corrected chi connectivity index (χ0v) is 17.6. The fraction of sp³-hybridized carbons (Fsp3) is 0.364. The Bertz CT molecular complexity index is 1180. The molecule has 2 aromatic rings. The normalized spacial score (nSPS) is 21.9. The van der Waals surface area contributed by atoms with Crippen LogP contribution in [0.1, 0.15) is 11.4 Å². The summed E-state index contributed by atoms with van der Waals surface area (Å²) in [5, 5.41) is 8.07. The summed E-state index contributed by atoms with van der Waals surface area (Å²) in [5.41, 5.74) is -0.0859. The highest BCUT2D eigenvalue weighted by Gasteiger charge is 2.50. The number of amides is 2. The maximum Gasteiger partial charge on any atom is 0.414 e. The number of aromatic nitrogens is 3. The minimum atomic E-state index is -4.66. The number of carbonyl (C=O) groups is 2. The van der Waals surface area contributed by atoms with Crippen LogP contribution in [0, 0.1) is 0 Å². The van der Waals surface area contributed by atoms with Crippen molar-refractivity contribution in [3.8, 4) is 0 Å². The second-order valence-corrected chi connectivity index (χ2v) is 8.52. The number of aldehydes is 1. The summed E-state index contributed by atoms with van der Waals surface area (Å²) in [4.78, 5) is 26.5. The molecule has 1 aromatic heterocycles. The predicted molar refractivity (Wildman–Crippen MR) is 110 cm³/mol. The number of allylic oxidation sites excluding steroid dienone is 2. The molecule has 5 rings (SSSR count). The molecular formula is C22H20F3N5O3. The lowest BCUT2D eigenvalue weighted by atomic mass is 9.75. The number of alkyl halides is 3. The summed E-state index contributed by atoms with van der Waals surface area (Å²) >= 11 is 0. The Morgan fingerprint density at radius 2 is 2.09 bits per heavy atom. The number of anilines is 1. The molecule has 0 N–H and O–H groups in total. The Hall–Kier alpha value is -3.47. The first-order chi connectivity index (χ1) is 15.7. The van der Waals surface area contributed by atoms with Crippen molar-refractivity contribution in [1.82, 2.24) is 19.7 Å². The highest BCUT2D eigenvalue weighted by Crippen LogP contribution is 2.41. The van der Waals surface area contributed by atoms with Crippen LogP contribution in [0.2, 0.25) is 0 Å². The number of carbonyl (C=O) groups excluding carboxylic acids is 2. The summed E-state index contributed by atoms with van der Waals surface area (Å²) in [6.07, 6.45) is -0.178. The predicted octanol–water partition coefficient (Wildman–Crippen LogP) is 2.52. The van der Waals surface area contributed by atoms with Gasteiger partial charge in [0, 0.05) is 36.3 Å². The summed E-state index contributed by atoms with van der Waals surface area (Å²) in [5.74, 6) is 0.782. The van der Waals surface area contributed by atoms with Gasteiger partial charge in [-0.2, -0.15) is 13.2 Å². The minimum absolute atomic E-state index is 0.178. The van der Waals surface area contributed by atoms with E-state index in [9.17, 15) is 22.8 Å². The monoisotopic (exact) mass is 459 g/mol. The van der Waals surface area contributed by atoms with Crippen LogP contribution >= 0.6 is 0 Å². The van der Waals surface area contributed by atoms with Crippen LogP contribution in [-0.2, 0) is 28.4 Å². The van der Waals surface area contributed by atoms with Crippen molar-refractivity contribution in [2.45, 2.75) is 24.1 Å². The van der Waals surface area contributed by atoms with Crippen LogP contribution in [0.3, 0.4) is 0 Å². The van der Waals surface area contributed by atoms with E-state index in [1.54, 1.807) is 18.5 Å². The van der Waals surface area contributed by atoms with Gasteiger partial charge in [-0.05, 0) is 23.8 Å². The highest BCUT2D eigenvalue weighted by atomic mass is 19.4. The molecule has 1 unspecified atom stereocenters. The molecule has 1 aromatic carbocycles. The van der Waals surface area contributed by atoms with Gasteiger partial charge in [-0.3, -0.25) is 14.6 Å². The third-order valence-corrected chi connectivity index (χ3v) is 6.40. The standard InChI is InChI=1S/C22H20F3N5O3/c1-28-13-26-27-19(28)7-21(11-33-12-21)15-3-2-4-16(6-15)29-9-18-17(22(23,24)25)5-14(10-31)8-30(18)20(29)32/h2-6,8,10,13,18H,7,9,11-12H2,1H3. The molecule has 0 spiro atoms. The lowest BCUT2D eigenvalue weighted by Gasteiger charge is -2.42. The maximum atomic E-state index is 13.6. The summed E-state index contributed by atoms with van der Waals surface area (Å²) in [7, 11) is 1.85. The van der Waals surface area contributed by atoms with E-state index in [2.05, 4.69) is 10.2 Å². The molecule has 1 atom stereocenters. The molecule has 2 amide bonds. The first-order valence-electron chi connectivity index (χ1n) is 10.3. The average molecular weight is 459 g/mol. The summed E-state index contributed by atoms with van der Waals surface area (Å²) in [6.45, 7) is 0.736. The van der Waals surface area contributed by atoms with Crippen LogP contribution in [0.25, 0.3) is 0 Å². The van der Waals surface area contributed by atoms with Crippen molar-refractivity contribution in [3.05, 3.63) is 65.4 Å². The number of rotatable bonds is 5. The van der Waals surface area contributed by atoms with Gasteiger partial charge in [0.15, 0.2) is 6.29 Å². The van der Waals surface area contributed by atoms with Crippen molar-refractivity contribution in [1.29, 1.82) is 0 Å². The Balaban J connectivity index is 1.47. The zero-order chi connectivity index (χ0) is 23.4. The van der Waals surface area contributed by atoms with Crippen molar-refractivity contribution < 1.29 is 27.5 Å². The van der Waals surface area contributed by atoms with E-state index in [0.717, 1.165) is 22.4 Å². The van der Waals surface area contributed by atoms with Gasteiger partial charge in [-0.1, -0.05) is 12.1 Å². The van der Waals surface area contributed by atoms with E-state index in [0.29, 0.717) is 31.6 Å². The summed E-state index contributed by atoms with van der Waals surface area (Å²) < 4.78 is 48.2. The van der Waals surface area contributed by atoms with E-state index >= 15 is 0 Å². The number of hydrogen-bond donors (Lipinski definition) is 0. The van der Waals surface area contributed by atoms with Gasteiger partial charge in [-0.15, -0.1) is 10.2 Å². The fourth-order valence-electron chi connectivity index (χ4n) is 4.52. The molecule has 0 radical (unpaired) electrons. The molecule has 11 heteroatoms. The van der Waals surface area contributed by atoms with E-state index in [1.807, 2.05) is 23.7 Å². The maximum absolute atomic E-state index is 13.6. The molecule has 2 saturated heterocycles. The average Bonchev–Trinajstić information content (AvgIpc) is 3.32. The van der Waals surface area contributed by atoms with E-state index < -0.39 is 23.8 Å². The van der Waals surface area contributed by atoms with Crippen LogP contribution < -0.4 is 4.90 Å². The second-order valence-electron chi connectivity index (χ2n) is 8.52. The Morgan fingerprint density at radius 1 is 1.30 bits per heavy atom. The molecule has 172 valence electrons. The molecular weight excluding hydrogens is 439 g/mol. The topological polar surface area (TPSA) is 80.6 Å². The second kappa shape index (κ2) is 7.55. The SMILES string of the molecule is Cn1cnnc1CC1(c2cccc(N3CC4C(C(F)(F)F)=CC(C=O)=CN4C3=O)c2)COC1. The number of nitrogens with zero attached hydrogens (tertiary/aromatic N) is 5.